The van der Waals surface area contributed by atoms with Gasteiger partial charge in [0.2, 0.25) is 5.88 Å². The Morgan fingerprint density at radius 3 is 2.16 bits per heavy atom. The van der Waals surface area contributed by atoms with E-state index in [0.717, 1.165) is 30.8 Å². The summed E-state index contributed by atoms with van der Waals surface area (Å²) >= 11 is -1.19. The lowest BCUT2D eigenvalue weighted by Gasteiger charge is -2.31. The van der Waals surface area contributed by atoms with E-state index in [-0.39, 0.29) is 0 Å². The summed E-state index contributed by atoms with van der Waals surface area (Å²) in [6.07, 6.45) is 3.64. The standard InChI is InChI=1S/C33H28N2O2S/c1-37-31-16-13-28(21-34-31)38(36)35-19-17-23(18-20-35)22-5-7-24(8-6-22)29-14-11-27-10-9-25-3-2-4-26-12-15-30(29)33(27)32(25)26/h2-16,21,23H,17-20H2,1H3. The van der Waals surface area contributed by atoms with Crippen LogP contribution in [-0.4, -0.2) is 34.0 Å². The van der Waals surface area contributed by atoms with Gasteiger partial charge in [0.15, 0.2) is 4.90 Å². The Bertz CT molecular complexity index is 1710. The molecule has 1 unspecified atom stereocenters. The SMILES string of the molecule is COc1ccc([S+]([O-])N2CCC(c3ccc(-c4ccc5ccc6cccc7ccc4c5c67)cc3)CC2)cn1. The first-order valence-corrected chi connectivity index (χ1v) is 14.2. The Labute approximate surface area is 225 Å². The fourth-order valence-electron chi connectivity index (χ4n) is 6.02. The average molecular weight is 517 g/mol. The van der Waals surface area contributed by atoms with Crippen LogP contribution in [0.1, 0.15) is 24.3 Å². The minimum absolute atomic E-state index is 0.479. The molecule has 1 aliphatic rings. The van der Waals surface area contributed by atoms with Gasteiger partial charge in [-0.2, -0.15) is 0 Å². The predicted octanol–water partition coefficient (Wildman–Crippen LogP) is 7.56. The molecule has 0 N–H and O–H groups in total. The molecule has 1 fully saturated rings. The molecule has 5 heteroatoms. The summed E-state index contributed by atoms with van der Waals surface area (Å²) in [6, 6.07) is 32.8. The lowest BCUT2D eigenvalue weighted by atomic mass is 9.87. The van der Waals surface area contributed by atoms with Crippen molar-refractivity contribution in [2.24, 2.45) is 0 Å². The molecule has 38 heavy (non-hydrogen) atoms. The largest absolute Gasteiger partial charge is 0.593 e. The molecule has 0 spiro atoms. The Morgan fingerprint density at radius 1 is 0.789 bits per heavy atom. The second-order valence-corrected chi connectivity index (χ2v) is 11.6. The molecule has 1 atom stereocenters. The summed E-state index contributed by atoms with van der Waals surface area (Å²) in [5.74, 6) is 1.02. The van der Waals surface area contributed by atoms with Gasteiger partial charge in [-0.15, -0.1) is 4.31 Å². The fraction of sp³-hybridized carbons (Fsp3) is 0.182. The van der Waals surface area contributed by atoms with Crippen LogP contribution in [0.3, 0.4) is 0 Å². The monoisotopic (exact) mass is 516 g/mol. The van der Waals surface area contributed by atoms with Crippen LogP contribution in [-0.2, 0) is 11.4 Å². The maximum absolute atomic E-state index is 13.0. The number of hydrogen-bond acceptors (Lipinski definition) is 4. The molecule has 2 heterocycles. The number of methoxy groups -OCH3 is 1. The molecule has 4 nitrogen and oxygen atoms in total. The smallest absolute Gasteiger partial charge is 0.213 e. The Morgan fingerprint density at radius 2 is 1.47 bits per heavy atom. The highest BCUT2D eigenvalue weighted by atomic mass is 32.2. The molecule has 188 valence electrons. The Balaban J connectivity index is 1.11. The van der Waals surface area contributed by atoms with Gasteiger partial charge in [0, 0.05) is 25.2 Å². The zero-order valence-corrected chi connectivity index (χ0v) is 22.1. The molecule has 0 aliphatic carbocycles. The number of pyridine rings is 1. The molecule has 7 rings (SSSR count). The molecule has 0 saturated carbocycles. The minimum atomic E-state index is -1.19. The van der Waals surface area contributed by atoms with Crippen LogP contribution in [0.25, 0.3) is 43.4 Å². The third kappa shape index (κ3) is 3.99. The number of aromatic nitrogens is 1. The van der Waals surface area contributed by atoms with Crippen molar-refractivity contribution in [3.05, 3.63) is 103 Å². The van der Waals surface area contributed by atoms with E-state index >= 15 is 0 Å². The first kappa shape index (κ1) is 23.5. The molecule has 0 amide bonds. The van der Waals surface area contributed by atoms with Gasteiger partial charge in [0.05, 0.1) is 24.7 Å². The number of hydrogen-bond donors (Lipinski definition) is 0. The van der Waals surface area contributed by atoms with Crippen molar-refractivity contribution in [3.63, 3.8) is 0 Å². The summed E-state index contributed by atoms with van der Waals surface area (Å²) in [5, 5.41) is 7.90. The Hall–Kier alpha value is -3.64. The van der Waals surface area contributed by atoms with Gasteiger partial charge in [0.1, 0.15) is 0 Å². The van der Waals surface area contributed by atoms with Gasteiger partial charge < -0.3 is 9.29 Å². The molecule has 1 saturated heterocycles. The van der Waals surface area contributed by atoms with E-state index in [1.165, 1.54) is 49.0 Å². The summed E-state index contributed by atoms with van der Waals surface area (Å²) in [5.41, 5.74) is 3.89. The molecule has 0 radical (unpaired) electrons. The van der Waals surface area contributed by atoms with Crippen molar-refractivity contribution < 1.29 is 9.29 Å². The topological polar surface area (TPSA) is 48.4 Å². The molecular weight excluding hydrogens is 488 g/mol. The van der Waals surface area contributed by atoms with E-state index in [4.69, 9.17) is 4.74 Å². The Kier molecular flexibility index (Phi) is 5.92. The predicted molar refractivity (Wildman–Crippen MR) is 156 cm³/mol. The number of ether oxygens (including phenoxy) is 1. The van der Waals surface area contributed by atoms with Crippen molar-refractivity contribution in [3.8, 4) is 17.0 Å². The van der Waals surface area contributed by atoms with Crippen LogP contribution in [0.4, 0.5) is 0 Å². The molecule has 1 aliphatic heterocycles. The highest BCUT2D eigenvalue weighted by Gasteiger charge is 2.29. The van der Waals surface area contributed by atoms with Gasteiger partial charge in [-0.3, -0.25) is 0 Å². The quantitative estimate of drug-likeness (QED) is 0.175. The van der Waals surface area contributed by atoms with E-state index in [2.05, 4.69) is 88.2 Å². The number of nitrogens with zero attached hydrogens (tertiary/aromatic N) is 2. The second kappa shape index (κ2) is 9.59. The van der Waals surface area contributed by atoms with Crippen molar-refractivity contribution >= 4 is 43.7 Å². The number of piperidine rings is 1. The molecular formula is C33H28N2O2S. The number of benzene rings is 5. The molecule has 0 bridgehead atoms. The highest BCUT2D eigenvalue weighted by molar-refractivity contribution is 7.89. The van der Waals surface area contributed by atoms with E-state index in [1.807, 2.05) is 6.07 Å². The summed E-state index contributed by atoms with van der Waals surface area (Å²) in [7, 11) is 1.59. The van der Waals surface area contributed by atoms with Gasteiger partial charge in [-0.25, -0.2) is 4.98 Å². The van der Waals surface area contributed by atoms with Crippen LogP contribution in [0, 0.1) is 0 Å². The van der Waals surface area contributed by atoms with Gasteiger partial charge in [0.25, 0.3) is 0 Å². The average Bonchev–Trinajstić information content (AvgIpc) is 3.00. The van der Waals surface area contributed by atoms with Gasteiger partial charge >= 0.3 is 0 Å². The third-order valence-corrected chi connectivity index (χ3v) is 9.51. The fourth-order valence-corrected chi connectivity index (χ4v) is 7.18. The summed E-state index contributed by atoms with van der Waals surface area (Å²) in [6.45, 7) is 1.61. The van der Waals surface area contributed by atoms with Crippen LogP contribution in [0.15, 0.2) is 102 Å². The second-order valence-electron chi connectivity index (χ2n) is 10.1. The highest BCUT2D eigenvalue weighted by Crippen LogP contribution is 2.40. The lowest BCUT2D eigenvalue weighted by Crippen LogP contribution is -2.37. The van der Waals surface area contributed by atoms with Crippen molar-refractivity contribution in [1.29, 1.82) is 0 Å². The van der Waals surface area contributed by atoms with Crippen molar-refractivity contribution in [2.45, 2.75) is 23.7 Å². The van der Waals surface area contributed by atoms with E-state index in [0.29, 0.717) is 11.8 Å². The maximum atomic E-state index is 13.0. The van der Waals surface area contributed by atoms with E-state index < -0.39 is 11.4 Å². The zero-order valence-electron chi connectivity index (χ0n) is 21.3. The zero-order chi connectivity index (χ0) is 25.6. The normalized spacial score (nSPS) is 15.9. The summed E-state index contributed by atoms with van der Waals surface area (Å²) < 4.78 is 20.2. The minimum Gasteiger partial charge on any atom is -0.593 e. The van der Waals surface area contributed by atoms with Gasteiger partial charge in [-0.05, 0) is 67.8 Å². The van der Waals surface area contributed by atoms with Gasteiger partial charge in [-0.1, -0.05) is 78.9 Å². The van der Waals surface area contributed by atoms with E-state index in [9.17, 15) is 4.55 Å². The first-order chi connectivity index (χ1) is 18.7. The van der Waals surface area contributed by atoms with E-state index in [1.54, 1.807) is 19.4 Å². The van der Waals surface area contributed by atoms with Crippen LogP contribution in [0.2, 0.25) is 0 Å². The van der Waals surface area contributed by atoms with Crippen molar-refractivity contribution in [2.75, 3.05) is 20.2 Å². The van der Waals surface area contributed by atoms with Crippen molar-refractivity contribution in [1.82, 2.24) is 9.29 Å². The first-order valence-electron chi connectivity index (χ1n) is 13.1. The molecule has 6 aromatic rings. The molecule has 1 aromatic heterocycles. The third-order valence-electron chi connectivity index (χ3n) is 8.03. The summed E-state index contributed by atoms with van der Waals surface area (Å²) in [4.78, 5) is 4.93. The maximum Gasteiger partial charge on any atom is 0.213 e. The number of rotatable bonds is 5. The van der Waals surface area contributed by atoms with Crippen LogP contribution < -0.4 is 4.74 Å². The lowest BCUT2D eigenvalue weighted by molar-refractivity contribution is 0.319. The van der Waals surface area contributed by atoms with Crippen LogP contribution in [0.5, 0.6) is 5.88 Å². The molecule has 5 aromatic carbocycles. The van der Waals surface area contributed by atoms with Crippen LogP contribution >= 0.6 is 0 Å².